The van der Waals surface area contributed by atoms with Gasteiger partial charge in [-0.2, -0.15) is 4.31 Å². The number of ether oxygens (including phenoxy) is 1. The van der Waals surface area contributed by atoms with E-state index in [1.54, 1.807) is 31.2 Å². The van der Waals surface area contributed by atoms with Gasteiger partial charge in [-0.05, 0) is 65.9 Å². The number of sulfonamides is 1. The number of fused-ring (bicyclic) bond motifs is 1. The van der Waals surface area contributed by atoms with Crippen LogP contribution >= 0.6 is 23.2 Å². The first-order valence-electron chi connectivity index (χ1n) is 12.3. The normalized spacial score (nSPS) is 14.7. The molecule has 214 valence electrons. The van der Waals surface area contributed by atoms with Gasteiger partial charge in [-0.3, -0.25) is 0 Å². The molecule has 0 fully saturated rings. The second-order valence-electron chi connectivity index (χ2n) is 9.54. The first-order valence-corrected chi connectivity index (χ1v) is 16.5. The molecule has 0 aliphatic carbocycles. The highest BCUT2D eigenvalue weighted by Gasteiger charge is 2.24. The summed E-state index contributed by atoms with van der Waals surface area (Å²) >= 11 is 12.5. The fourth-order valence-electron chi connectivity index (χ4n) is 4.48. The number of nitrogens with one attached hydrogen (secondary N) is 2. The third kappa shape index (κ3) is 6.90. The van der Waals surface area contributed by atoms with Crippen LogP contribution in [-0.2, 0) is 38.6 Å². The molecule has 2 N–H and O–H groups in total. The van der Waals surface area contributed by atoms with E-state index >= 15 is 0 Å². The molecular weight excluding hydrogens is 597 g/mol. The summed E-state index contributed by atoms with van der Waals surface area (Å²) in [6, 6.07) is 13.6. The number of methoxy groups -OCH3 is 1. The SMILES string of the molecule is COc1ccc([C@H](C)NC(=O)Nc2ccc(S(=O)(=O)Cc3ccc4c(c3)CCN(S(C)(=O)=O)C4)cc2)c(Cl)c1Cl. The maximum atomic E-state index is 13.1. The number of urea groups is 1. The minimum absolute atomic E-state index is 0.118. The number of anilines is 1. The number of rotatable bonds is 8. The summed E-state index contributed by atoms with van der Waals surface area (Å²) in [5.41, 5.74) is 3.47. The van der Waals surface area contributed by atoms with Crippen LogP contribution in [0, 0.1) is 0 Å². The average molecular weight is 627 g/mol. The van der Waals surface area contributed by atoms with E-state index in [1.165, 1.54) is 41.9 Å². The second kappa shape index (κ2) is 12.0. The molecule has 1 aliphatic rings. The standard InChI is InChI=1S/C27H29Cl2N3O6S2/c1-17(23-10-11-24(38-2)26(29)25(23)28)30-27(33)31-21-6-8-22(9-7-21)40(36,37)16-18-4-5-20-15-32(39(3,34)35)13-12-19(20)14-18/h4-11,14,17H,12-13,15-16H2,1-3H3,(H2,30,31,33)/t17-/m0/s1. The molecule has 2 amide bonds. The molecule has 1 aliphatic heterocycles. The number of benzene rings is 3. The van der Waals surface area contributed by atoms with Crippen molar-refractivity contribution < 1.29 is 26.4 Å². The Morgan fingerprint density at radius 2 is 1.70 bits per heavy atom. The largest absolute Gasteiger partial charge is 0.495 e. The first-order chi connectivity index (χ1) is 18.8. The molecule has 3 aromatic carbocycles. The van der Waals surface area contributed by atoms with Crippen molar-refractivity contribution in [2.24, 2.45) is 0 Å². The zero-order valence-electron chi connectivity index (χ0n) is 22.1. The van der Waals surface area contributed by atoms with Gasteiger partial charge in [0.2, 0.25) is 10.0 Å². The quantitative estimate of drug-likeness (QED) is 0.356. The number of sulfone groups is 1. The Morgan fingerprint density at radius 3 is 2.35 bits per heavy atom. The molecule has 13 heteroatoms. The Balaban J connectivity index is 1.38. The van der Waals surface area contributed by atoms with E-state index in [4.69, 9.17) is 27.9 Å². The van der Waals surface area contributed by atoms with Crippen LogP contribution in [0.2, 0.25) is 10.0 Å². The van der Waals surface area contributed by atoms with Crippen molar-refractivity contribution in [1.82, 2.24) is 9.62 Å². The lowest BCUT2D eigenvalue weighted by molar-refractivity contribution is 0.249. The van der Waals surface area contributed by atoms with Gasteiger partial charge in [0, 0.05) is 18.8 Å². The summed E-state index contributed by atoms with van der Waals surface area (Å²) in [5, 5.41) is 5.99. The number of halogens is 2. The van der Waals surface area contributed by atoms with Crippen molar-refractivity contribution in [3.05, 3.63) is 86.9 Å². The molecule has 4 rings (SSSR count). The maximum absolute atomic E-state index is 13.1. The highest BCUT2D eigenvalue weighted by Crippen LogP contribution is 2.37. The van der Waals surface area contributed by atoms with Gasteiger partial charge in [-0.1, -0.05) is 47.5 Å². The number of carbonyl (C=O) groups excluding carboxylic acids is 1. The smallest absolute Gasteiger partial charge is 0.319 e. The number of nitrogens with zero attached hydrogens (tertiary/aromatic N) is 1. The lowest BCUT2D eigenvalue weighted by Crippen LogP contribution is -2.35. The molecule has 1 heterocycles. The number of hydrogen-bond donors (Lipinski definition) is 2. The van der Waals surface area contributed by atoms with Crippen molar-refractivity contribution in [2.45, 2.75) is 36.6 Å². The van der Waals surface area contributed by atoms with E-state index in [1.807, 2.05) is 6.07 Å². The molecule has 3 aromatic rings. The van der Waals surface area contributed by atoms with E-state index in [9.17, 15) is 21.6 Å². The Morgan fingerprint density at radius 1 is 1.00 bits per heavy atom. The van der Waals surface area contributed by atoms with Gasteiger partial charge in [0.25, 0.3) is 0 Å². The fourth-order valence-corrected chi connectivity index (χ4v) is 7.18. The Hall–Kier alpha value is -2.83. The van der Waals surface area contributed by atoms with Crippen molar-refractivity contribution in [3.63, 3.8) is 0 Å². The van der Waals surface area contributed by atoms with Gasteiger partial charge in [0.15, 0.2) is 9.84 Å². The van der Waals surface area contributed by atoms with Gasteiger partial charge >= 0.3 is 6.03 Å². The highest BCUT2D eigenvalue weighted by molar-refractivity contribution is 7.90. The van der Waals surface area contributed by atoms with E-state index in [-0.39, 0.29) is 27.2 Å². The van der Waals surface area contributed by atoms with Gasteiger partial charge in [0.05, 0.1) is 35.1 Å². The molecule has 0 bridgehead atoms. The van der Waals surface area contributed by atoms with E-state index in [0.29, 0.717) is 35.5 Å². The molecular formula is C27H29Cl2N3O6S2. The molecule has 40 heavy (non-hydrogen) atoms. The van der Waals surface area contributed by atoms with Gasteiger partial charge in [-0.15, -0.1) is 0 Å². The Kier molecular flexibility index (Phi) is 9.01. The first kappa shape index (κ1) is 30.1. The van der Waals surface area contributed by atoms with Crippen LogP contribution in [0.4, 0.5) is 10.5 Å². The summed E-state index contributed by atoms with van der Waals surface area (Å²) in [6.07, 6.45) is 1.71. The molecule has 0 saturated heterocycles. The lowest BCUT2D eigenvalue weighted by Gasteiger charge is -2.27. The van der Waals surface area contributed by atoms with Crippen molar-refractivity contribution >= 4 is 54.8 Å². The topological polar surface area (TPSA) is 122 Å². The van der Waals surface area contributed by atoms with E-state index < -0.39 is 31.9 Å². The molecule has 0 aromatic heterocycles. The predicted molar refractivity (Wildman–Crippen MR) is 156 cm³/mol. The monoisotopic (exact) mass is 625 g/mol. The number of hydrogen-bond acceptors (Lipinski definition) is 6. The van der Waals surface area contributed by atoms with Crippen LogP contribution in [0.5, 0.6) is 5.75 Å². The minimum Gasteiger partial charge on any atom is -0.495 e. The average Bonchev–Trinajstić information content (AvgIpc) is 2.89. The maximum Gasteiger partial charge on any atom is 0.319 e. The third-order valence-electron chi connectivity index (χ3n) is 6.66. The zero-order chi connectivity index (χ0) is 29.2. The Bertz CT molecular complexity index is 1650. The summed E-state index contributed by atoms with van der Waals surface area (Å²) in [5.74, 6) is 0.223. The second-order valence-corrected chi connectivity index (χ2v) is 14.3. The number of carbonyl (C=O) groups is 1. The third-order valence-corrected chi connectivity index (χ3v) is 10.5. The van der Waals surface area contributed by atoms with Crippen LogP contribution in [0.25, 0.3) is 0 Å². The minimum atomic E-state index is -3.66. The molecule has 1 atom stereocenters. The fraction of sp³-hybridized carbons (Fsp3) is 0.296. The van der Waals surface area contributed by atoms with Crippen LogP contribution in [0.1, 0.15) is 35.2 Å². The van der Waals surface area contributed by atoms with Crippen molar-refractivity contribution in [3.8, 4) is 5.75 Å². The van der Waals surface area contributed by atoms with Crippen LogP contribution in [0.15, 0.2) is 59.5 Å². The molecule has 0 saturated carbocycles. The van der Waals surface area contributed by atoms with E-state index in [2.05, 4.69) is 10.6 Å². The highest BCUT2D eigenvalue weighted by atomic mass is 35.5. The summed E-state index contributed by atoms with van der Waals surface area (Å²) < 4.78 is 56.4. The van der Waals surface area contributed by atoms with Crippen molar-refractivity contribution in [2.75, 3.05) is 25.2 Å². The van der Waals surface area contributed by atoms with E-state index in [0.717, 1.165) is 11.1 Å². The Labute approximate surface area is 244 Å². The van der Waals surface area contributed by atoms with Gasteiger partial charge < -0.3 is 15.4 Å². The van der Waals surface area contributed by atoms with Crippen LogP contribution in [-0.4, -0.2) is 47.1 Å². The number of amides is 2. The van der Waals surface area contributed by atoms with Gasteiger partial charge in [0.1, 0.15) is 10.8 Å². The van der Waals surface area contributed by atoms with Gasteiger partial charge in [-0.25, -0.2) is 21.6 Å². The summed E-state index contributed by atoms with van der Waals surface area (Å²) in [7, 11) is -5.47. The lowest BCUT2D eigenvalue weighted by atomic mass is 9.99. The summed E-state index contributed by atoms with van der Waals surface area (Å²) in [6.45, 7) is 2.40. The predicted octanol–water partition coefficient (Wildman–Crippen LogP) is 5.18. The zero-order valence-corrected chi connectivity index (χ0v) is 25.2. The summed E-state index contributed by atoms with van der Waals surface area (Å²) in [4.78, 5) is 12.7. The molecule has 0 spiro atoms. The van der Waals surface area contributed by atoms with Crippen LogP contribution < -0.4 is 15.4 Å². The molecule has 0 unspecified atom stereocenters. The van der Waals surface area contributed by atoms with Crippen LogP contribution in [0.3, 0.4) is 0 Å². The molecule has 0 radical (unpaired) electrons. The molecule has 9 nitrogen and oxygen atoms in total. The van der Waals surface area contributed by atoms with Crippen molar-refractivity contribution in [1.29, 1.82) is 0 Å².